The molecule has 1 aromatic carbocycles. The van der Waals surface area contributed by atoms with Crippen molar-refractivity contribution in [3.05, 3.63) is 29.8 Å². The lowest BCUT2D eigenvalue weighted by Crippen LogP contribution is -2.44. The van der Waals surface area contributed by atoms with E-state index in [1.807, 2.05) is 12.1 Å². The summed E-state index contributed by atoms with van der Waals surface area (Å²) in [6.07, 6.45) is 7.33. The fourth-order valence-corrected chi connectivity index (χ4v) is 4.84. The second-order valence-corrected chi connectivity index (χ2v) is 7.65. The van der Waals surface area contributed by atoms with E-state index in [0.717, 1.165) is 37.6 Å². The molecule has 5 heteroatoms. The van der Waals surface area contributed by atoms with Gasteiger partial charge in [-0.05, 0) is 49.3 Å². The third-order valence-electron chi connectivity index (χ3n) is 6.25. The van der Waals surface area contributed by atoms with Gasteiger partial charge in [-0.2, -0.15) is 0 Å². The predicted molar refractivity (Wildman–Crippen MR) is 101 cm³/mol. The van der Waals surface area contributed by atoms with E-state index in [2.05, 4.69) is 22.3 Å². The molecule has 1 amide bonds. The third-order valence-corrected chi connectivity index (χ3v) is 6.25. The van der Waals surface area contributed by atoms with Crippen LogP contribution in [0.2, 0.25) is 0 Å². The summed E-state index contributed by atoms with van der Waals surface area (Å²) in [6.45, 7) is 1.75. The van der Waals surface area contributed by atoms with Gasteiger partial charge in [0.15, 0.2) is 0 Å². The van der Waals surface area contributed by atoms with Crippen LogP contribution in [0.15, 0.2) is 24.3 Å². The number of hydrogen-bond acceptors (Lipinski definition) is 3. The number of ether oxygens (including phenoxy) is 1. The summed E-state index contributed by atoms with van der Waals surface area (Å²) in [7, 11) is 1.69. The molecule has 2 saturated heterocycles. The summed E-state index contributed by atoms with van der Waals surface area (Å²) in [4.78, 5) is 15.0. The van der Waals surface area contributed by atoms with E-state index >= 15 is 0 Å². The number of rotatable bonds is 3. The molecule has 0 radical (unpaired) electrons. The molecule has 4 atom stereocenters. The molecule has 0 bridgehead atoms. The fraction of sp³-hybridized carbons (Fsp3) is 0.650. The van der Waals surface area contributed by atoms with Crippen LogP contribution in [-0.4, -0.2) is 43.1 Å². The molecule has 1 N–H and O–H groups in total. The van der Waals surface area contributed by atoms with Crippen molar-refractivity contribution in [3.8, 4) is 5.75 Å². The Balaban J connectivity index is 0.00000182. The summed E-state index contributed by atoms with van der Waals surface area (Å²) in [6, 6.07) is 8.96. The SMILES string of the molecule is COc1ccc(C2CCN(C(=O)C3CC4CCCCC4N3)C2)cc1.Cl. The van der Waals surface area contributed by atoms with Crippen molar-refractivity contribution in [2.24, 2.45) is 5.92 Å². The highest BCUT2D eigenvalue weighted by Crippen LogP contribution is 2.35. The molecule has 4 nitrogen and oxygen atoms in total. The number of nitrogens with zero attached hydrogens (tertiary/aromatic N) is 1. The molecule has 0 spiro atoms. The number of benzene rings is 1. The van der Waals surface area contributed by atoms with Crippen LogP contribution in [0.5, 0.6) is 5.75 Å². The van der Waals surface area contributed by atoms with E-state index in [-0.39, 0.29) is 18.4 Å². The van der Waals surface area contributed by atoms with Gasteiger partial charge in [0.2, 0.25) is 5.91 Å². The van der Waals surface area contributed by atoms with Gasteiger partial charge in [-0.25, -0.2) is 0 Å². The Bertz CT molecular complexity index is 578. The monoisotopic (exact) mass is 364 g/mol. The number of nitrogens with one attached hydrogen (secondary N) is 1. The number of fused-ring (bicyclic) bond motifs is 1. The molecule has 2 heterocycles. The van der Waals surface area contributed by atoms with Gasteiger partial charge in [0.1, 0.15) is 5.75 Å². The van der Waals surface area contributed by atoms with Gasteiger partial charge >= 0.3 is 0 Å². The lowest BCUT2D eigenvalue weighted by atomic mass is 9.85. The van der Waals surface area contributed by atoms with Crippen molar-refractivity contribution in [2.75, 3.05) is 20.2 Å². The van der Waals surface area contributed by atoms with Crippen LogP contribution in [0.25, 0.3) is 0 Å². The summed E-state index contributed by atoms with van der Waals surface area (Å²) in [5.74, 6) is 2.42. The molecule has 1 aliphatic carbocycles. The molecule has 1 aromatic rings. The number of hydrogen-bond donors (Lipinski definition) is 1. The van der Waals surface area contributed by atoms with Gasteiger partial charge in [-0.15, -0.1) is 12.4 Å². The topological polar surface area (TPSA) is 41.6 Å². The standard InChI is InChI=1S/C20H28N2O2.ClH/c1-24-17-8-6-14(7-9-17)16-10-11-22(13-16)20(23)19-12-15-4-2-3-5-18(15)21-19;/h6-9,15-16,18-19,21H,2-5,10-13H2,1H3;1H. The summed E-state index contributed by atoms with van der Waals surface area (Å²) in [5.41, 5.74) is 1.32. The normalized spacial score (nSPS) is 31.3. The molecule has 138 valence electrons. The van der Waals surface area contributed by atoms with E-state index in [1.165, 1.54) is 31.2 Å². The molecule has 4 rings (SSSR count). The maximum atomic E-state index is 12.9. The minimum absolute atomic E-state index is 0. The van der Waals surface area contributed by atoms with Crippen LogP contribution in [0, 0.1) is 5.92 Å². The van der Waals surface area contributed by atoms with Crippen LogP contribution in [0.4, 0.5) is 0 Å². The Hall–Kier alpha value is -1.26. The second-order valence-electron chi connectivity index (χ2n) is 7.65. The largest absolute Gasteiger partial charge is 0.497 e. The first-order valence-corrected chi connectivity index (χ1v) is 9.43. The van der Waals surface area contributed by atoms with Gasteiger partial charge in [0.25, 0.3) is 0 Å². The van der Waals surface area contributed by atoms with E-state index in [0.29, 0.717) is 17.9 Å². The molecular formula is C20H29ClN2O2. The molecule has 25 heavy (non-hydrogen) atoms. The Labute approximate surface area is 156 Å². The molecule has 0 aromatic heterocycles. The van der Waals surface area contributed by atoms with Crippen LogP contribution in [0.1, 0.15) is 50.0 Å². The summed E-state index contributed by atoms with van der Waals surface area (Å²) in [5, 5.41) is 3.63. The van der Waals surface area contributed by atoms with Crippen LogP contribution >= 0.6 is 12.4 Å². The quantitative estimate of drug-likeness (QED) is 0.894. The van der Waals surface area contributed by atoms with Crippen molar-refractivity contribution < 1.29 is 9.53 Å². The minimum Gasteiger partial charge on any atom is -0.497 e. The molecule has 4 unspecified atom stereocenters. The van der Waals surface area contributed by atoms with E-state index in [4.69, 9.17) is 4.74 Å². The van der Waals surface area contributed by atoms with Gasteiger partial charge in [0.05, 0.1) is 13.2 Å². The van der Waals surface area contributed by atoms with Crippen LogP contribution in [0.3, 0.4) is 0 Å². The smallest absolute Gasteiger partial charge is 0.239 e. The molecule has 2 aliphatic heterocycles. The first-order valence-electron chi connectivity index (χ1n) is 9.43. The fourth-order valence-electron chi connectivity index (χ4n) is 4.84. The maximum absolute atomic E-state index is 12.9. The average Bonchev–Trinajstić information content (AvgIpc) is 3.28. The van der Waals surface area contributed by atoms with Crippen molar-refractivity contribution >= 4 is 18.3 Å². The van der Waals surface area contributed by atoms with Crippen molar-refractivity contribution in [1.29, 1.82) is 0 Å². The lowest BCUT2D eigenvalue weighted by molar-refractivity contribution is -0.132. The van der Waals surface area contributed by atoms with Crippen LogP contribution in [-0.2, 0) is 4.79 Å². The van der Waals surface area contributed by atoms with Crippen LogP contribution < -0.4 is 10.1 Å². The highest BCUT2D eigenvalue weighted by Gasteiger charge is 2.41. The zero-order valence-corrected chi connectivity index (χ0v) is 15.8. The van der Waals surface area contributed by atoms with E-state index < -0.39 is 0 Å². The van der Waals surface area contributed by atoms with Crippen molar-refractivity contribution in [1.82, 2.24) is 10.2 Å². The lowest BCUT2D eigenvalue weighted by Gasteiger charge is -2.24. The number of methoxy groups -OCH3 is 1. The highest BCUT2D eigenvalue weighted by atomic mass is 35.5. The van der Waals surface area contributed by atoms with Gasteiger partial charge in [-0.3, -0.25) is 4.79 Å². The molecule has 3 fully saturated rings. The Kier molecular flexibility index (Phi) is 5.90. The zero-order chi connectivity index (χ0) is 16.5. The summed E-state index contributed by atoms with van der Waals surface area (Å²) < 4.78 is 5.23. The number of carbonyl (C=O) groups is 1. The van der Waals surface area contributed by atoms with Gasteiger partial charge in [-0.1, -0.05) is 25.0 Å². The highest BCUT2D eigenvalue weighted by molar-refractivity contribution is 5.85. The first-order chi connectivity index (χ1) is 11.7. The van der Waals surface area contributed by atoms with Crippen molar-refractivity contribution in [3.63, 3.8) is 0 Å². The van der Waals surface area contributed by atoms with Crippen molar-refractivity contribution in [2.45, 2.75) is 56.5 Å². The molecule has 3 aliphatic rings. The van der Waals surface area contributed by atoms with Gasteiger partial charge < -0.3 is 15.0 Å². The predicted octanol–water partition coefficient (Wildman–Crippen LogP) is 3.35. The zero-order valence-electron chi connectivity index (χ0n) is 14.9. The molecular weight excluding hydrogens is 336 g/mol. The first kappa shape index (κ1) is 18.5. The minimum atomic E-state index is 0. The van der Waals surface area contributed by atoms with E-state index in [1.54, 1.807) is 7.11 Å². The van der Waals surface area contributed by atoms with E-state index in [9.17, 15) is 4.79 Å². The Morgan fingerprint density at radius 2 is 1.92 bits per heavy atom. The number of likely N-dealkylation sites (tertiary alicyclic amines) is 1. The number of carbonyl (C=O) groups excluding carboxylic acids is 1. The summed E-state index contributed by atoms with van der Waals surface area (Å²) >= 11 is 0. The second kappa shape index (κ2) is 7.96. The van der Waals surface area contributed by atoms with Gasteiger partial charge in [0, 0.05) is 25.0 Å². The molecule has 1 saturated carbocycles. The average molecular weight is 365 g/mol. The number of amides is 1. The maximum Gasteiger partial charge on any atom is 0.239 e. The Morgan fingerprint density at radius 3 is 2.64 bits per heavy atom. The Morgan fingerprint density at radius 1 is 1.16 bits per heavy atom. The number of halogens is 1. The third kappa shape index (κ3) is 3.80.